The second kappa shape index (κ2) is 8.07. The predicted octanol–water partition coefficient (Wildman–Crippen LogP) is 3.40. The summed E-state index contributed by atoms with van der Waals surface area (Å²) < 4.78 is 5.53. The molecule has 5 heteroatoms. The van der Waals surface area contributed by atoms with Crippen molar-refractivity contribution in [2.75, 3.05) is 0 Å². The van der Waals surface area contributed by atoms with Crippen molar-refractivity contribution in [3.05, 3.63) is 47.5 Å². The first-order valence-corrected chi connectivity index (χ1v) is 9.63. The molecule has 1 aromatic carbocycles. The summed E-state index contributed by atoms with van der Waals surface area (Å²) in [4.78, 5) is 39.8. The number of amides is 2. The minimum atomic E-state index is -0.848. The lowest BCUT2D eigenvalue weighted by atomic mass is 9.85. The van der Waals surface area contributed by atoms with Gasteiger partial charge >= 0.3 is 5.97 Å². The van der Waals surface area contributed by atoms with Gasteiger partial charge in [-0.25, -0.2) is 4.79 Å². The highest BCUT2D eigenvalue weighted by molar-refractivity contribution is 6.08. The first-order valence-electron chi connectivity index (χ1n) is 9.63. The van der Waals surface area contributed by atoms with Gasteiger partial charge in [0.25, 0.3) is 0 Å². The van der Waals surface area contributed by atoms with Crippen LogP contribution in [0.4, 0.5) is 0 Å². The molecule has 3 rings (SSSR count). The number of esters is 1. The molecule has 1 saturated heterocycles. The van der Waals surface area contributed by atoms with Gasteiger partial charge in [-0.3, -0.25) is 14.5 Å². The third-order valence-electron chi connectivity index (χ3n) is 5.45. The minimum absolute atomic E-state index is 0.144. The van der Waals surface area contributed by atoms with E-state index in [0.29, 0.717) is 19.3 Å². The molecule has 0 aromatic heterocycles. The molecular weight excluding hydrogens is 342 g/mol. The van der Waals surface area contributed by atoms with Gasteiger partial charge in [0, 0.05) is 0 Å². The highest BCUT2D eigenvalue weighted by atomic mass is 16.5. The Bertz CT molecular complexity index is 741. The monoisotopic (exact) mass is 369 g/mol. The molecule has 1 aliphatic carbocycles. The number of hydrogen-bond acceptors (Lipinski definition) is 4. The topological polar surface area (TPSA) is 63.7 Å². The summed E-state index contributed by atoms with van der Waals surface area (Å²) in [6, 6.07) is 6.85. The minimum Gasteiger partial charge on any atom is -0.459 e. The first-order chi connectivity index (χ1) is 12.9. The Morgan fingerprint density at radius 1 is 1.11 bits per heavy atom. The van der Waals surface area contributed by atoms with Crippen LogP contribution in [0, 0.1) is 24.7 Å². The third-order valence-corrected chi connectivity index (χ3v) is 5.45. The van der Waals surface area contributed by atoms with Crippen LogP contribution in [0.25, 0.3) is 0 Å². The van der Waals surface area contributed by atoms with Gasteiger partial charge < -0.3 is 4.74 Å². The molecule has 1 heterocycles. The van der Waals surface area contributed by atoms with Gasteiger partial charge in [-0.2, -0.15) is 0 Å². The fourth-order valence-corrected chi connectivity index (χ4v) is 3.90. The summed E-state index contributed by atoms with van der Waals surface area (Å²) in [5.41, 5.74) is 1.96. The molecule has 2 amide bonds. The van der Waals surface area contributed by atoms with E-state index in [2.05, 4.69) is 0 Å². The van der Waals surface area contributed by atoms with E-state index in [-0.39, 0.29) is 36.2 Å². The standard InChI is InChI=1S/C22H27NO4/c1-14(2)12-19(22(26)27-13-16-9-5-4-8-15(16)3)23-20(24)17-10-6-7-11-18(17)21(23)25/h4-9,14,17-19H,10-13H2,1-3H3/t17-,18+,19-/m0/s1. The smallest absolute Gasteiger partial charge is 0.329 e. The van der Waals surface area contributed by atoms with Gasteiger partial charge in [-0.1, -0.05) is 50.3 Å². The average Bonchev–Trinajstić information content (AvgIpc) is 2.90. The second-order valence-corrected chi connectivity index (χ2v) is 7.88. The molecule has 0 unspecified atom stereocenters. The van der Waals surface area contributed by atoms with Crippen LogP contribution in [0.15, 0.2) is 36.4 Å². The maximum Gasteiger partial charge on any atom is 0.329 e. The summed E-state index contributed by atoms with van der Waals surface area (Å²) in [7, 11) is 0. The highest BCUT2D eigenvalue weighted by Gasteiger charge is 2.51. The molecular formula is C22H27NO4. The Morgan fingerprint density at radius 3 is 2.26 bits per heavy atom. The summed E-state index contributed by atoms with van der Waals surface area (Å²) in [5.74, 6) is -1.47. The maximum atomic E-state index is 12.9. The number of fused-ring (bicyclic) bond motifs is 1. The normalized spacial score (nSPS) is 22.9. The molecule has 0 N–H and O–H groups in total. The Hall–Kier alpha value is -2.43. The van der Waals surface area contributed by atoms with E-state index in [1.165, 1.54) is 4.90 Å². The van der Waals surface area contributed by atoms with E-state index in [4.69, 9.17) is 4.74 Å². The lowest BCUT2D eigenvalue weighted by Crippen LogP contribution is -2.47. The summed E-state index contributed by atoms with van der Waals surface area (Å²) in [6.45, 7) is 6.05. The lowest BCUT2D eigenvalue weighted by Gasteiger charge is -2.26. The Kier molecular flexibility index (Phi) is 5.78. The maximum absolute atomic E-state index is 12.9. The van der Waals surface area contributed by atoms with Crippen LogP contribution in [-0.2, 0) is 25.7 Å². The summed E-state index contributed by atoms with van der Waals surface area (Å²) >= 11 is 0. The van der Waals surface area contributed by atoms with E-state index in [1.807, 2.05) is 57.2 Å². The summed E-state index contributed by atoms with van der Waals surface area (Å²) in [5, 5.41) is 0. The van der Waals surface area contributed by atoms with E-state index in [9.17, 15) is 14.4 Å². The van der Waals surface area contributed by atoms with Crippen LogP contribution in [0.1, 0.15) is 44.2 Å². The number of ether oxygens (including phenoxy) is 1. The number of aryl methyl sites for hydroxylation is 1. The Balaban J connectivity index is 1.77. The molecule has 144 valence electrons. The second-order valence-electron chi connectivity index (χ2n) is 7.88. The van der Waals surface area contributed by atoms with Crippen LogP contribution in [0.2, 0.25) is 0 Å². The molecule has 2 aliphatic rings. The predicted molar refractivity (Wildman–Crippen MR) is 101 cm³/mol. The van der Waals surface area contributed by atoms with E-state index < -0.39 is 12.0 Å². The van der Waals surface area contributed by atoms with Crippen molar-refractivity contribution < 1.29 is 19.1 Å². The van der Waals surface area contributed by atoms with Gasteiger partial charge in [-0.15, -0.1) is 0 Å². The van der Waals surface area contributed by atoms with Crippen molar-refractivity contribution in [3.8, 4) is 0 Å². The Morgan fingerprint density at radius 2 is 1.70 bits per heavy atom. The van der Waals surface area contributed by atoms with Gasteiger partial charge in [0.15, 0.2) is 0 Å². The molecule has 5 nitrogen and oxygen atoms in total. The average molecular weight is 369 g/mol. The van der Waals surface area contributed by atoms with Gasteiger partial charge in [0.1, 0.15) is 12.6 Å². The van der Waals surface area contributed by atoms with Crippen LogP contribution in [0.3, 0.4) is 0 Å². The number of imide groups is 1. The van der Waals surface area contributed by atoms with Crippen molar-refractivity contribution in [2.45, 2.75) is 52.7 Å². The van der Waals surface area contributed by atoms with Crippen molar-refractivity contribution in [1.82, 2.24) is 4.90 Å². The van der Waals surface area contributed by atoms with Gasteiger partial charge in [-0.05, 0) is 43.2 Å². The van der Waals surface area contributed by atoms with Gasteiger partial charge in [0.05, 0.1) is 11.8 Å². The number of nitrogens with zero attached hydrogens (tertiary/aromatic N) is 1. The quantitative estimate of drug-likeness (QED) is 0.438. The first kappa shape index (κ1) is 19.3. The molecule has 1 aliphatic heterocycles. The highest BCUT2D eigenvalue weighted by Crippen LogP contribution is 2.37. The SMILES string of the molecule is Cc1ccccc1COC(=O)[C@H](CC(C)C)N1C(=O)[C@H]2CC=CC[C@H]2C1=O. The van der Waals surface area contributed by atoms with Crippen molar-refractivity contribution >= 4 is 17.8 Å². The lowest BCUT2D eigenvalue weighted by molar-refractivity contribution is -0.160. The van der Waals surface area contributed by atoms with E-state index in [1.54, 1.807) is 0 Å². The van der Waals surface area contributed by atoms with Crippen LogP contribution in [0.5, 0.6) is 0 Å². The molecule has 0 bridgehead atoms. The van der Waals surface area contributed by atoms with Crippen LogP contribution in [-0.4, -0.2) is 28.7 Å². The number of rotatable bonds is 6. The van der Waals surface area contributed by atoms with Crippen molar-refractivity contribution in [1.29, 1.82) is 0 Å². The molecule has 0 radical (unpaired) electrons. The van der Waals surface area contributed by atoms with E-state index >= 15 is 0 Å². The Labute approximate surface area is 160 Å². The zero-order chi connectivity index (χ0) is 19.6. The largest absolute Gasteiger partial charge is 0.459 e. The number of carbonyl (C=O) groups excluding carboxylic acids is 3. The molecule has 0 saturated carbocycles. The number of carbonyl (C=O) groups is 3. The fourth-order valence-electron chi connectivity index (χ4n) is 3.90. The molecule has 1 aromatic rings. The number of hydrogen-bond donors (Lipinski definition) is 0. The third kappa shape index (κ3) is 3.97. The van der Waals surface area contributed by atoms with Crippen molar-refractivity contribution in [2.24, 2.45) is 17.8 Å². The molecule has 27 heavy (non-hydrogen) atoms. The zero-order valence-corrected chi connectivity index (χ0v) is 16.2. The van der Waals surface area contributed by atoms with Gasteiger partial charge in [0.2, 0.25) is 11.8 Å². The van der Waals surface area contributed by atoms with Crippen LogP contribution >= 0.6 is 0 Å². The molecule has 1 fully saturated rings. The summed E-state index contributed by atoms with van der Waals surface area (Å²) in [6.07, 6.45) is 5.45. The van der Waals surface area contributed by atoms with Crippen molar-refractivity contribution in [3.63, 3.8) is 0 Å². The number of allylic oxidation sites excluding steroid dienone is 2. The molecule has 0 spiro atoms. The number of likely N-dealkylation sites (tertiary alicyclic amines) is 1. The van der Waals surface area contributed by atoms with E-state index in [0.717, 1.165) is 11.1 Å². The fraction of sp³-hybridized carbons (Fsp3) is 0.500. The number of benzene rings is 1. The van der Waals surface area contributed by atoms with Crippen LogP contribution < -0.4 is 0 Å². The zero-order valence-electron chi connectivity index (χ0n) is 16.2. The molecule has 3 atom stereocenters.